The molecule has 0 aromatic carbocycles. The van der Waals surface area contributed by atoms with Gasteiger partial charge in [-0.3, -0.25) is 19.2 Å². The molecule has 0 bridgehead atoms. The third-order valence-corrected chi connectivity index (χ3v) is 6.55. The summed E-state index contributed by atoms with van der Waals surface area (Å²) in [5.41, 5.74) is -0.533. The Hall–Kier alpha value is -3.29. The first kappa shape index (κ1) is 29.9. The first-order chi connectivity index (χ1) is 17.4. The van der Waals surface area contributed by atoms with Crippen LogP contribution in [0.25, 0.3) is 0 Å². The Kier molecular flexibility index (Phi) is 11.2. The number of rotatable bonds is 9. The molecule has 4 amide bonds. The number of likely N-dealkylation sites (tertiary alicyclic amines) is 2. The summed E-state index contributed by atoms with van der Waals surface area (Å²) in [5.74, 6) is -0.308. The Bertz CT molecular complexity index is 884. The molecule has 3 N–H and O–H groups in total. The monoisotopic (exact) mass is 520 g/mol. The third-order valence-electron chi connectivity index (χ3n) is 6.55. The summed E-state index contributed by atoms with van der Waals surface area (Å²) in [4.78, 5) is 64.7. The van der Waals surface area contributed by atoms with Gasteiger partial charge in [0, 0.05) is 32.6 Å². The minimum absolute atomic E-state index is 0.0269. The fourth-order valence-corrected chi connectivity index (χ4v) is 4.57. The van der Waals surface area contributed by atoms with Crippen LogP contribution in [0.5, 0.6) is 0 Å². The number of aliphatic carboxylic acids is 1. The standard InChI is InChI=1S/C26H40N4O7/c1-5-12-27-24(35)20(16-22(32)33)28-23(34)19-7-6-13-30(17-19)21(31)9-8-18-10-14-29(15-11-18)25(36)37-26(2,3)4/h1,18-20H,6-17H2,2-4H3,(H,27,35)(H,28,34)(H,32,33)/t19-,20?/m1/s1. The van der Waals surface area contributed by atoms with E-state index < -0.39 is 41.8 Å². The quantitative estimate of drug-likeness (QED) is 0.389. The number of terminal acetylenes is 1. The number of piperidine rings is 2. The molecule has 2 rings (SSSR count). The Balaban J connectivity index is 1.81. The topological polar surface area (TPSA) is 145 Å². The van der Waals surface area contributed by atoms with E-state index in [1.165, 1.54) is 0 Å². The zero-order valence-electron chi connectivity index (χ0n) is 22.1. The molecule has 11 heteroatoms. The molecule has 0 aromatic heterocycles. The van der Waals surface area contributed by atoms with Crippen molar-refractivity contribution in [1.29, 1.82) is 0 Å². The van der Waals surface area contributed by atoms with E-state index in [0.717, 1.165) is 12.8 Å². The Morgan fingerprint density at radius 1 is 1.08 bits per heavy atom. The van der Waals surface area contributed by atoms with Gasteiger partial charge in [-0.15, -0.1) is 6.42 Å². The minimum atomic E-state index is -1.24. The Morgan fingerprint density at radius 2 is 1.76 bits per heavy atom. The van der Waals surface area contributed by atoms with Gasteiger partial charge in [-0.1, -0.05) is 5.92 Å². The summed E-state index contributed by atoms with van der Waals surface area (Å²) in [5, 5.41) is 14.0. The number of carboxylic acid groups (broad SMARTS) is 1. The summed E-state index contributed by atoms with van der Waals surface area (Å²) >= 11 is 0. The number of nitrogens with one attached hydrogen (secondary N) is 2. The second-order valence-electron chi connectivity index (χ2n) is 10.7. The number of amides is 4. The zero-order valence-corrected chi connectivity index (χ0v) is 22.1. The molecule has 2 saturated heterocycles. The highest BCUT2D eigenvalue weighted by Crippen LogP contribution is 2.25. The van der Waals surface area contributed by atoms with Gasteiger partial charge < -0.3 is 30.3 Å². The lowest BCUT2D eigenvalue weighted by molar-refractivity contribution is -0.141. The van der Waals surface area contributed by atoms with Gasteiger partial charge in [-0.25, -0.2) is 4.79 Å². The van der Waals surface area contributed by atoms with Crippen LogP contribution in [0, 0.1) is 24.2 Å². The van der Waals surface area contributed by atoms with Crippen LogP contribution >= 0.6 is 0 Å². The number of carbonyl (C=O) groups excluding carboxylic acids is 4. The summed E-state index contributed by atoms with van der Waals surface area (Å²) in [6.45, 7) is 7.43. The van der Waals surface area contributed by atoms with Gasteiger partial charge >= 0.3 is 12.1 Å². The molecule has 2 atom stereocenters. The molecule has 2 fully saturated rings. The molecular formula is C26H40N4O7. The van der Waals surface area contributed by atoms with Crippen LogP contribution in [0.15, 0.2) is 0 Å². The van der Waals surface area contributed by atoms with Crippen LogP contribution in [-0.2, 0) is 23.9 Å². The molecule has 2 aliphatic rings. The van der Waals surface area contributed by atoms with E-state index in [9.17, 15) is 24.0 Å². The van der Waals surface area contributed by atoms with Gasteiger partial charge in [0.1, 0.15) is 11.6 Å². The lowest BCUT2D eigenvalue weighted by Crippen LogP contribution is -2.52. The van der Waals surface area contributed by atoms with Crippen LogP contribution in [0.3, 0.4) is 0 Å². The van der Waals surface area contributed by atoms with E-state index in [2.05, 4.69) is 16.6 Å². The van der Waals surface area contributed by atoms with Crippen molar-refractivity contribution < 1.29 is 33.8 Å². The molecule has 206 valence electrons. The summed E-state index contributed by atoms with van der Waals surface area (Å²) < 4.78 is 5.43. The van der Waals surface area contributed by atoms with Gasteiger partial charge in [-0.05, 0) is 58.8 Å². The van der Waals surface area contributed by atoms with Crippen LogP contribution < -0.4 is 10.6 Å². The second kappa shape index (κ2) is 13.9. The SMILES string of the molecule is C#CCNC(=O)C(CC(=O)O)NC(=O)[C@@H]1CCCN(C(=O)CCC2CCN(C(=O)OC(C)(C)C)CC2)C1. The number of carbonyl (C=O) groups is 5. The van der Waals surface area contributed by atoms with Crippen LogP contribution in [-0.4, -0.2) is 89.1 Å². The molecule has 2 heterocycles. The molecule has 2 aliphatic heterocycles. The zero-order chi connectivity index (χ0) is 27.6. The third kappa shape index (κ3) is 10.3. The van der Waals surface area contributed by atoms with Crippen molar-refractivity contribution in [2.75, 3.05) is 32.7 Å². The number of ether oxygens (including phenoxy) is 1. The van der Waals surface area contributed by atoms with Crippen molar-refractivity contribution in [1.82, 2.24) is 20.4 Å². The van der Waals surface area contributed by atoms with Gasteiger partial charge in [0.25, 0.3) is 0 Å². The van der Waals surface area contributed by atoms with Crippen LogP contribution in [0.2, 0.25) is 0 Å². The predicted molar refractivity (Wildman–Crippen MR) is 135 cm³/mol. The van der Waals surface area contributed by atoms with Gasteiger partial charge in [0.15, 0.2) is 0 Å². The molecular weight excluding hydrogens is 480 g/mol. The number of hydrogen-bond donors (Lipinski definition) is 3. The van der Waals surface area contributed by atoms with E-state index in [1.54, 1.807) is 9.80 Å². The van der Waals surface area contributed by atoms with Crippen molar-refractivity contribution in [3.05, 3.63) is 0 Å². The van der Waals surface area contributed by atoms with E-state index in [1.807, 2.05) is 20.8 Å². The molecule has 37 heavy (non-hydrogen) atoms. The number of nitrogens with zero attached hydrogens (tertiary/aromatic N) is 2. The fourth-order valence-electron chi connectivity index (χ4n) is 4.57. The Labute approximate surface area is 218 Å². The molecule has 0 spiro atoms. The second-order valence-corrected chi connectivity index (χ2v) is 10.7. The first-order valence-electron chi connectivity index (χ1n) is 12.9. The number of hydrogen-bond acceptors (Lipinski definition) is 6. The summed E-state index contributed by atoms with van der Waals surface area (Å²) in [6, 6.07) is -1.24. The van der Waals surface area contributed by atoms with E-state index in [4.69, 9.17) is 16.3 Å². The maximum absolute atomic E-state index is 12.9. The smallest absolute Gasteiger partial charge is 0.410 e. The van der Waals surface area contributed by atoms with Crippen molar-refractivity contribution in [3.8, 4) is 12.3 Å². The average Bonchev–Trinajstić information content (AvgIpc) is 2.84. The highest BCUT2D eigenvalue weighted by molar-refractivity contribution is 5.91. The van der Waals surface area contributed by atoms with Gasteiger partial charge in [0.2, 0.25) is 17.7 Å². The van der Waals surface area contributed by atoms with E-state index >= 15 is 0 Å². The van der Waals surface area contributed by atoms with Crippen molar-refractivity contribution >= 4 is 29.8 Å². The van der Waals surface area contributed by atoms with Crippen molar-refractivity contribution in [3.63, 3.8) is 0 Å². The highest BCUT2D eigenvalue weighted by Gasteiger charge is 2.32. The maximum Gasteiger partial charge on any atom is 0.410 e. The van der Waals surface area contributed by atoms with Gasteiger partial charge in [-0.2, -0.15) is 0 Å². The lowest BCUT2D eigenvalue weighted by Gasteiger charge is -2.35. The molecule has 0 saturated carbocycles. The number of carboxylic acids is 1. The molecule has 0 aliphatic carbocycles. The Morgan fingerprint density at radius 3 is 2.35 bits per heavy atom. The largest absolute Gasteiger partial charge is 0.481 e. The molecule has 11 nitrogen and oxygen atoms in total. The summed E-state index contributed by atoms with van der Waals surface area (Å²) in [7, 11) is 0. The normalized spacial score (nSPS) is 19.4. The fraction of sp³-hybridized carbons (Fsp3) is 0.731. The minimum Gasteiger partial charge on any atom is -0.481 e. The van der Waals surface area contributed by atoms with Crippen molar-refractivity contribution in [2.24, 2.45) is 11.8 Å². The lowest BCUT2D eigenvalue weighted by atomic mass is 9.91. The first-order valence-corrected chi connectivity index (χ1v) is 12.9. The average molecular weight is 521 g/mol. The molecule has 1 unspecified atom stereocenters. The highest BCUT2D eigenvalue weighted by atomic mass is 16.6. The maximum atomic E-state index is 12.9. The van der Waals surface area contributed by atoms with Gasteiger partial charge in [0.05, 0.1) is 18.9 Å². The molecule has 0 aromatic rings. The van der Waals surface area contributed by atoms with Crippen LogP contribution in [0.1, 0.15) is 65.7 Å². The van der Waals surface area contributed by atoms with E-state index in [0.29, 0.717) is 51.2 Å². The van der Waals surface area contributed by atoms with Crippen molar-refractivity contribution in [2.45, 2.75) is 77.4 Å². The predicted octanol–water partition coefficient (Wildman–Crippen LogP) is 1.36. The summed E-state index contributed by atoms with van der Waals surface area (Å²) in [6.07, 6.45) is 8.14. The molecule has 0 radical (unpaired) electrons. The van der Waals surface area contributed by atoms with Crippen LogP contribution in [0.4, 0.5) is 4.79 Å². The van der Waals surface area contributed by atoms with E-state index in [-0.39, 0.29) is 25.1 Å².